The van der Waals surface area contributed by atoms with E-state index < -0.39 is 6.04 Å². The average Bonchev–Trinajstić information content (AvgIpc) is 3.28. The molecule has 1 saturated carbocycles. The van der Waals surface area contributed by atoms with Gasteiger partial charge in [0.25, 0.3) is 5.91 Å². The SMILES string of the molecule is CN1C(=O)NC(c2ccc(F)cc2)C2=C1CN(C1CC1)C2=O. The Hall–Kier alpha value is -2.37. The van der Waals surface area contributed by atoms with Crippen LogP contribution in [0.5, 0.6) is 0 Å². The molecule has 1 aromatic carbocycles. The molecule has 1 aromatic rings. The molecule has 1 unspecified atom stereocenters. The minimum absolute atomic E-state index is 0.0151. The van der Waals surface area contributed by atoms with Gasteiger partial charge < -0.3 is 10.2 Å². The van der Waals surface area contributed by atoms with Crippen molar-refractivity contribution in [3.63, 3.8) is 0 Å². The Labute approximate surface area is 127 Å². The maximum atomic E-state index is 13.1. The molecule has 4 rings (SSSR count). The van der Waals surface area contributed by atoms with E-state index in [1.807, 2.05) is 4.90 Å². The predicted octanol–water partition coefficient (Wildman–Crippen LogP) is 1.78. The summed E-state index contributed by atoms with van der Waals surface area (Å²) in [6.07, 6.45) is 2.05. The molecule has 1 fully saturated rings. The van der Waals surface area contributed by atoms with Gasteiger partial charge in [-0.15, -0.1) is 0 Å². The van der Waals surface area contributed by atoms with Crippen LogP contribution in [0.25, 0.3) is 0 Å². The number of benzene rings is 1. The van der Waals surface area contributed by atoms with Crippen LogP contribution in [0.2, 0.25) is 0 Å². The Bertz CT molecular complexity index is 694. The van der Waals surface area contributed by atoms with Gasteiger partial charge in [0.05, 0.1) is 23.9 Å². The molecule has 2 heterocycles. The largest absolute Gasteiger partial charge is 0.330 e. The summed E-state index contributed by atoms with van der Waals surface area (Å²) in [5.74, 6) is -0.353. The first-order valence-electron chi connectivity index (χ1n) is 7.40. The van der Waals surface area contributed by atoms with Gasteiger partial charge in [-0.25, -0.2) is 9.18 Å². The second-order valence-corrected chi connectivity index (χ2v) is 6.02. The molecule has 2 aliphatic heterocycles. The van der Waals surface area contributed by atoms with Crippen LogP contribution in [-0.4, -0.2) is 41.4 Å². The fourth-order valence-electron chi connectivity index (χ4n) is 3.17. The van der Waals surface area contributed by atoms with E-state index in [1.54, 1.807) is 19.2 Å². The second-order valence-electron chi connectivity index (χ2n) is 6.02. The smallest absolute Gasteiger partial charge is 0.322 e. The number of hydrogen-bond donors (Lipinski definition) is 1. The van der Waals surface area contributed by atoms with E-state index in [-0.39, 0.29) is 17.8 Å². The van der Waals surface area contributed by atoms with E-state index >= 15 is 0 Å². The lowest BCUT2D eigenvalue weighted by Gasteiger charge is -2.31. The van der Waals surface area contributed by atoms with E-state index in [1.165, 1.54) is 17.0 Å². The minimum Gasteiger partial charge on any atom is -0.330 e. The zero-order valence-corrected chi connectivity index (χ0v) is 12.2. The Morgan fingerprint density at radius 3 is 2.50 bits per heavy atom. The zero-order chi connectivity index (χ0) is 15.4. The van der Waals surface area contributed by atoms with Crippen LogP contribution in [0.1, 0.15) is 24.4 Å². The molecule has 114 valence electrons. The van der Waals surface area contributed by atoms with Gasteiger partial charge in [0.2, 0.25) is 0 Å². The van der Waals surface area contributed by atoms with Crippen molar-refractivity contribution in [3.05, 3.63) is 46.9 Å². The van der Waals surface area contributed by atoms with Gasteiger partial charge in [0, 0.05) is 13.1 Å². The maximum Gasteiger partial charge on any atom is 0.322 e. The molecule has 22 heavy (non-hydrogen) atoms. The van der Waals surface area contributed by atoms with Gasteiger partial charge in [0.15, 0.2) is 0 Å². The Kier molecular flexibility index (Phi) is 2.76. The van der Waals surface area contributed by atoms with Gasteiger partial charge in [-0.2, -0.15) is 0 Å². The highest BCUT2D eigenvalue weighted by Crippen LogP contribution is 2.40. The normalized spacial score (nSPS) is 24.7. The molecule has 0 aromatic heterocycles. The molecule has 1 N–H and O–H groups in total. The molecule has 0 bridgehead atoms. The van der Waals surface area contributed by atoms with Crippen molar-refractivity contribution < 1.29 is 14.0 Å². The summed E-state index contributed by atoms with van der Waals surface area (Å²) in [5.41, 5.74) is 2.09. The topological polar surface area (TPSA) is 52.7 Å². The third-order valence-corrected chi connectivity index (χ3v) is 4.58. The maximum absolute atomic E-state index is 13.1. The number of likely N-dealkylation sites (N-methyl/N-ethyl adjacent to an activating group) is 1. The van der Waals surface area contributed by atoms with Crippen LogP contribution < -0.4 is 5.32 Å². The second kappa shape index (κ2) is 4.56. The monoisotopic (exact) mass is 301 g/mol. The van der Waals surface area contributed by atoms with Gasteiger partial charge in [-0.3, -0.25) is 9.69 Å². The Morgan fingerprint density at radius 1 is 1.18 bits per heavy atom. The molecule has 3 aliphatic rings. The zero-order valence-electron chi connectivity index (χ0n) is 12.2. The summed E-state index contributed by atoms with van der Waals surface area (Å²) < 4.78 is 13.1. The molecule has 0 saturated heterocycles. The van der Waals surface area contributed by atoms with Crippen molar-refractivity contribution in [1.29, 1.82) is 0 Å². The van der Waals surface area contributed by atoms with Gasteiger partial charge in [0.1, 0.15) is 5.82 Å². The number of urea groups is 1. The molecular formula is C16H16FN3O2. The van der Waals surface area contributed by atoms with Crippen LogP contribution >= 0.6 is 0 Å². The lowest BCUT2D eigenvalue weighted by molar-refractivity contribution is -0.126. The highest BCUT2D eigenvalue weighted by Gasteiger charge is 2.46. The third-order valence-electron chi connectivity index (χ3n) is 4.58. The number of carbonyl (C=O) groups excluding carboxylic acids is 2. The molecule has 6 heteroatoms. The quantitative estimate of drug-likeness (QED) is 0.905. The van der Waals surface area contributed by atoms with E-state index in [9.17, 15) is 14.0 Å². The first kappa shape index (κ1) is 13.3. The van der Waals surface area contributed by atoms with E-state index in [0.717, 1.165) is 24.1 Å². The highest BCUT2D eigenvalue weighted by molar-refractivity contribution is 6.01. The van der Waals surface area contributed by atoms with Gasteiger partial charge in [-0.1, -0.05) is 12.1 Å². The van der Waals surface area contributed by atoms with Crippen molar-refractivity contribution >= 4 is 11.9 Å². The van der Waals surface area contributed by atoms with E-state index in [4.69, 9.17) is 0 Å². The third kappa shape index (κ3) is 1.90. The standard InChI is InChI=1S/C16H16FN3O2/c1-19-12-8-20(11-6-7-11)15(21)13(12)14(18-16(19)22)9-2-4-10(17)5-3-9/h2-5,11,14H,6-8H2,1H3,(H,18,22). The molecular weight excluding hydrogens is 285 g/mol. The molecule has 0 spiro atoms. The highest BCUT2D eigenvalue weighted by atomic mass is 19.1. The molecule has 5 nitrogen and oxygen atoms in total. The lowest BCUT2D eigenvalue weighted by atomic mass is 9.96. The summed E-state index contributed by atoms with van der Waals surface area (Å²) >= 11 is 0. The van der Waals surface area contributed by atoms with Crippen molar-refractivity contribution in [2.24, 2.45) is 0 Å². The van der Waals surface area contributed by atoms with Gasteiger partial charge in [-0.05, 0) is 30.5 Å². The van der Waals surface area contributed by atoms with Crippen LogP contribution in [0, 0.1) is 5.82 Å². The summed E-state index contributed by atoms with van der Waals surface area (Å²) in [5, 5.41) is 2.84. The van der Waals surface area contributed by atoms with Crippen molar-refractivity contribution in [2.45, 2.75) is 24.9 Å². The predicted molar refractivity (Wildman–Crippen MR) is 77.2 cm³/mol. The summed E-state index contributed by atoms with van der Waals surface area (Å²) in [4.78, 5) is 28.3. The molecule has 1 aliphatic carbocycles. The minimum atomic E-state index is -0.504. The van der Waals surface area contributed by atoms with E-state index in [2.05, 4.69) is 5.32 Å². The Balaban J connectivity index is 1.76. The summed E-state index contributed by atoms with van der Waals surface area (Å²) in [6, 6.07) is 5.48. The van der Waals surface area contributed by atoms with E-state index in [0.29, 0.717) is 18.2 Å². The number of hydrogen-bond acceptors (Lipinski definition) is 2. The first-order chi connectivity index (χ1) is 10.6. The lowest BCUT2D eigenvalue weighted by Crippen LogP contribution is -2.45. The molecule has 3 amide bonds. The van der Waals surface area contributed by atoms with Crippen LogP contribution in [0.4, 0.5) is 9.18 Å². The van der Waals surface area contributed by atoms with Crippen LogP contribution in [0.15, 0.2) is 35.5 Å². The number of rotatable bonds is 2. The number of carbonyl (C=O) groups is 2. The van der Waals surface area contributed by atoms with Gasteiger partial charge >= 0.3 is 6.03 Å². The van der Waals surface area contributed by atoms with Crippen LogP contribution in [-0.2, 0) is 4.79 Å². The van der Waals surface area contributed by atoms with Crippen molar-refractivity contribution in [1.82, 2.24) is 15.1 Å². The van der Waals surface area contributed by atoms with Crippen molar-refractivity contribution in [2.75, 3.05) is 13.6 Å². The average molecular weight is 301 g/mol. The first-order valence-corrected chi connectivity index (χ1v) is 7.40. The number of amides is 3. The Morgan fingerprint density at radius 2 is 1.86 bits per heavy atom. The summed E-state index contributed by atoms with van der Waals surface area (Å²) in [6.45, 7) is 0.487. The number of nitrogens with zero attached hydrogens (tertiary/aromatic N) is 2. The fourth-order valence-corrected chi connectivity index (χ4v) is 3.17. The molecule has 0 radical (unpaired) electrons. The fraction of sp³-hybridized carbons (Fsp3) is 0.375. The number of halogens is 1. The van der Waals surface area contributed by atoms with Crippen molar-refractivity contribution in [3.8, 4) is 0 Å². The summed E-state index contributed by atoms with van der Waals surface area (Å²) in [7, 11) is 1.68. The van der Waals surface area contributed by atoms with Crippen LogP contribution in [0.3, 0.4) is 0 Å². The number of nitrogens with one attached hydrogen (secondary N) is 1. The molecule has 1 atom stereocenters.